The number of nitrogens with zero attached hydrogens (tertiary/aromatic N) is 4. The zero-order chi connectivity index (χ0) is 77.3. The molecule has 4 heterocycles. The molecule has 0 radical (unpaired) electrons. The van der Waals surface area contributed by atoms with Gasteiger partial charge in [-0.05, 0) is 142 Å². The van der Waals surface area contributed by atoms with Crippen LogP contribution in [0.1, 0.15) is 0 Å². The Hall–Kier alpha value is -14.4. The van der Waals surface area contributed by atoms with Gasteiger partial charge in [0.1, 0.15) is 0 Å². The van der Waals surface area contributed by atoms with E-state index in [1.54, 1.807) is 0 Å². The molecule has 8 heteroatoms. The van der Waals surface area contributed by atoms with Gasteiger partial charge in [-0.3, -0.25) is 0 Å². The standard InChI is InChI=1S/2C54H37N2OP/c57-58(44-18-5-2-6-19-44,45-31-26-38(27-32-45)40-14-13-17-43(36-40)56-52-24-11-7-20-47(52)48-21-8-12-25-53(48)56)46-33-28-39(29-34-46)41-30-35-50-49-22-9-10-23-51(49)55(54(50)37-41)42-15-3-1-4-16-42;57-58(44-18-2-1-3-19-44,45-32-28-38(29-33-45)40-14-12-16-42(36-40)55-51-24-8-4-20-47(51)48-21-5-9-25-52(48)55)46-34-30-39(31-35-46)41-15-13-17-43(37-41)56-53-26-10-6-22-49(53)50-23-7-11-27-54(50)56/h2*1-37H. The fourth-order valence-corrected chi connectivity index (χ4v) is 23.0. The minimum Gasteiger partial charge on any atom is -0.309 e. The second-order valence-corrected chi connectivity index (χ2v) is 35.3. The second kappa shape index (κ2) is 29.0. The Kier molecular flexibility index (Phi) is 17.4. The summed E-state index contributed by atoms with van der Waals surface area (Å²) < 4.78 is 40.6. The van der Waals surface area contributed by atoms with Crippen molar-refractivity contribution in [3.8, 4) is 67.3 Å². The van der Waals surface area contributed by atoms with E-state index < -0.39 is 14.3 Å². The molecular formula is C108H74N4O2P2. The number of para-hydroxylation sites is 8. The molecule has 0 aliphatic rings. The second-order valence-electron chi connectivity index (χ2n) is 29.8. The number of hydrogen-bond donors (Lipinski definition) is 0. The lowest BCUT2D eigenvalue weighted by atomic mass is 10.0. The van der Waals surface area contributed by atoms with Crippen LogP contribution < -0.4 is 31.8 Å². The summed E-state index contributed by atoms with van der Waals surface area (Å²) in [4.78, 5) is 0. The third-order valence-corrected chi connectivity index (χ3v) is 29.4. The first kappa shape index (κ1) is 69.6. The van der Waals surface area contributed by atoms with Crippen molar-refractivity contribution in [1.29, 1.82) is 0 Å². The van der Waals surface area contributed by atoms with Gasteiger partial charge in [-0.15, -0.1) is 0 Å². The number of fused-ring (bicyclic) bond motifs is 12. The third kappa shape index (κ3) is 11.9. The smallest absolute Gasteiger partial charge is 0.171 e. The Morgan fingerprint density at radius 3 is 0.612 bits per heavy atom. The van der Waals surface area contributed by atoms with Crippen LogP contribution in [0.4, 0.5) is 0 Å². The summed E-state index contributed by atoms with van der Waals surface area (Å²) in [6.07, 6.45) is 0. The first-order valence-electron chi connectivity index (χ1n) is 39.4. The minimum absolute atomic E-state index is 0.808. The fourth-order valence-electron chi connectivity index (χ4n) is 17.7. The monoisotopic (exact) mass is 1520 g/mol. The van der Waals surface area contributed by atoms with Crippen molar-refractivity contribution in [3.05, 3.63) is 449 Å². The SMILES string of the molecule is O=P(c1ccccc1)(c1ccc(-c2cccc(-n3c4ccccc4c4ccccc43)c2)cc1)c1ccc(-c2ccc3c4ccccc4n(-c4ccccc4)c3c2)cc1.O=P(c1ccccc1)(c1ccc(-c2cccc(-n3c4ccccc4c4ccccc43)c2)cc1)c1ccc(-c2cccc(-n3c4ccccc4c4ccccc43)c2)cc1. The Bertz CT molecular complexity index is 7250. The molecule has 0 aliphatic heterocycles. The maximum absolute atomic E-state index is 15.6. The van der Waals surface area contributed by atoms with E-state index in [2.05, 4.69) is 407 Å². The van der Waals surface area contributed by atoms with Gasteiger partial charge < -0.3 is 27.4 Å². The van der Waals surface area contributed by atoms with Gasteiger partial charge in [0.15, 0.2) is 14.3 Å². The van der Waals surface area contributed by atoms with E-state index >= 15 is 9.13 Å². The fraction of sp³-hybridized carbons (Fsp3) is 0. The quantitative estimate of drug-likeness (QED) is 0.102. The molecule has 0 saturated heterocycles. The molecule has 0 bridgehead atoms. The third-order valence-electron chi connectivity index (χ3n) is 23.2. The summed E-state index contributed by atoms with van der Waals surface area (Å²) in [6.45, 7) is 0. The van der Waals surface area contributed by atoms with Crippen molar-refractivity contribution in [1.82, 2.24) is 18.3 Å². The molecule has 0 fully saturated rings. The molecular weight excluding hydrogens is 1450 g/mol. The molecule has 18 aromatic carbocycles. The molecule has 1 unspecified atom stereocenters. The number of aromatic nitrogens is 4. The Morgan fingerprint density at radius 1 is 0.138 bits per heavy atom. The molecule has 6 nitrogen and oxygen atoms in total. The first-order chi connectivity index (χ1) is 57.3. The van der Waals surface area contributed by atoms with Crippen LogP contribution >= 0.6 is 14.3 Å². The Labute approximate surface area is 672 Å². The summed E-state index contributed by atoms with van der Waals surface area (Å²) in [6, 6.07) is 157. The predicted molar refractivity (Wildman–Crippen MR) is 491 cm³/mol. The van der Waals surface area contributed by atoms with Gasteiger partial charge in [-0.2, -0.15) is 0 Å². The van der Waals surface area contributed by atoms with Crippen molar-refractivity contribution in [2.75, 3.05) is 0 Å². The van der Waals surface area contributed by atoms with Crippen LogP contribution in [-0.2, 0) is 9.13 Å². The van der Waals surface area contributed by atoms with Crippen molar-refractivity contribution in [2.45, 2.75) is 0 Å². The van der Waals surface area contributed by atoms with Crippen LogP contribution in [0.25, 0.3) is 154 Å². The number of hydrogen-bond acceptors (Lipinski definition) is 2. The van der Waals surface area contributed by atoms with Crippen LogP contribution in [0.2, 0.25) is 0 Å². The molecule has 22 aromatic rings. The van der Waals surface area contributed by atoms with E-state index in [4.69, 9.17) is 0 Å². The van der Waals surface area contributed by atoms with Crippen LogP contribution in [0.3, 0.4) is 0 Å². The topological polar surface area (TPSA) is 53.9 Å². The molecule has 0 N–H and O–H groups in total. The largest absolute Gasteiger partial charge is 0.309 e. The minimum atomic E-state index is -3.22. The average Bonchev–Trinajstić information content (AvgIpc) is 1.33. The first-order valence-corrected chi connectivity index (χ1v) is 42.8. The van der Waals surface area contributed by atoms with Crippen molar-refractivity contribution >= 4 is 133 Å². The highest BCUT2D eigenvalue weighted by atomic mass is 31.2. The van der Waals surface area contributed by atoms with Crippen molar-refractivity contribution < 1.29 is 9.13 Å². The van der Waals surface area contributed by atoms with Crippen LogP contribution in [0, 0.1) is 0 Å². The van der Waals surface area contributed by atoms with E-state index in [-0.39, 0.29) is 0 Å². The molecule has 0 aliphatic carbocycles. The zero-order valence-electron chi connectivity index (χ0n) is 63.2. The highest BCUT2D eigenvalue weighted by Crippen LogP contribution is 2.47. The van der Waals surface area contributed by atoms with E-state index in [1.807, 2.05) is 60.7 Å². The highest BCUT2D eigenvalue weighted by molar-refractivity contribution is 7.85. The Morgan fingerprint density at radius 2 is 0.336 bits per heavy atom. The van der Waals surface area contributed by atoms with Gasteiger partial charge in [0.25, 0.3) is 0 Å². The lowest BCUT2D eigenvalue weighted by Crippen LogP contribution is -2.24. The Balaban J connectivity index is 0.000000145. The molecule has 0 amide bonds. The van der Waals surface area contributed by atoms with E-state index in [9.17, 15) is 0 Å². The summed E-state index contributed by atoms with van der Waals surface area (Å²) in [5.41, 5.74) is 22.6. The zero-order valence-corrected chi connectivity index (χ0v) is 65.0. The van der Waals surface area contributed by atoms with Gasteiger partial charge in [-0.25, -0.2) is 0 Å². The molecule has 1 atom stereocenters. The lowest BCUT2D eigenvalue weighted by molar-refractivity contribution is 0.591. The summed E-state index contributed by atoms with van der Waals surface area (Å²) in [7, 11) is -6.43. The normalized spacial score (nSPS) is 12.3. The van der Waals surface area contributed by atoms with Gasteiger partial charge in [0, 0.05) is 97.7 Å². The van der Waals surface area contributed by atoms with Crippen molar-refractivity contribution in [2.24, 2.45) is 0 Å². The molecule has 548 valence electrons. The van der Waals surface area contributed by atoms with Gasteiger partial charge in [0.05, 0.1) is 44.1 Å². The molecule has 22 rings (SSSR count). The lowest BCUT2D eigenvalue weighted by Gasteiger charge is -2.21. The summed E-state index contributed by atoms with van der Waals surface area (Å²) >= 11 is 0. The number of benzene rings is 18. The molecule has 0 spiro atoms. The molecule has 116 heavy (non-hydrogen) atoms. The van der Waals surface area contributed by atoms with Gasteiger partial charge in [-0.1, -0.05) is 352 Å². The van der Waals surface area contributed by atoms with Crippen LogP contribution in [0.15, 0.2) is 449 Å². The molecule has 4 aromatic heterocycles. The van der Waals surface area contributed by atoms with E-state index in [0.29, 0.717) is 0 Å². The van der Waals surface area contributed by atoms with Crippen LogP contribution in [0.5, 0.6) is 0 Å². The van der Waals surface area contributed by atoms with Crippen molar-refractivity contribution in [3.63, 3.8) is 0 Å². The maximum Gasteiger partial charge on any atom is 0.171 e. The average molecular weight is 1520 g/mol. The number of rotatable bonds is 14. The maximum atomic E-state index is 15.6. The predicted octanol–water partition coefficient (Wildman–Crippen LogP) is 25.7. The molecule has 0 saturated carbocycles. The summed E-state index contributed by atoms with van der Waals surface area (Å²) in [5, 5.41) is 14.8. The van der Waals surface area contributed by atoms with E-state index in [1.165, 1.54) is 81.7 Å². The van der Waals surface area contributed by atoms with Crippen LogP contribution in [-0.4, -0.2) is 18.3 Å². The highest BCUT2D eigenvalue weighted by Gasteiger charge is 2.32. The van der Waals surface area contributed by atoms with Gasteiger partial charge in [0.2, 0.25) is 0 Å². The van der Waals surface area contributed by atoms with Gasteiger partial charge >= 0.3 is 0 Å². The summed E-state index contributed by atoms with van der Waals surface area (Å²) in [5.74, 6) is 0. The van der Waals surface area contributed by atoms with E-state index in [0.717, 1.165) is 105 Å².